The van der Waals surface area contributed by atoms with Gasteiger partial charge in [0.25, 0.3) is 0 Å². The van der Waals surface area contributed by atoms with Crippen LogP contribution in [0.2, 0.25) is 5.02 Å². The van der Waals surface area contributed by atoms with Crippen molar-refractivity contribution in [2.45, 2.75) is 19.4 Å². The van der Waals surface area contributed by atoms with Gasteiger partial charge in [-0.3, -0.25) is 0 Å². The lowest BCUT2D eigenvalue weighted by Gasteiger charge is -2.25. The highest BCUT2D eigenvalue weighted by Crippen LogP contribution is 2.36. The minimum atomic E-state index is 0.147. The van der Waals surface area contributed by atoms with Crippen LogP contribution >= 0.6 is 11.6 Å². The molecule has 0 fully saturated rings. The van der Waals surface area contributed by atoms with Gasteiger partial charge >= 0.3 is 0 Å². The first-order valence-electron chi connectivity index (χ1n) is 7.33. The Labute approximate surface area is 129 Å². The minimum absolute atomic E-state index is 0.147. The fourth-order valence-electron chi connectivity index (χ4n) is 3.31. The first kappa shape index (κ1) is 12.9. The van der Waals surface area contributed by atoms with Gasteiger partial charge in [0.2, 0.25) is 0 Å². The summed E-state index contributed by atoms with van der Waals surface area (Å²) in [5.74, 6) is 0. The second-order valence-electron chi connectivity index (χ2n) is 5.72. The van der Waals surface area contributed by atoms with Crippen LogP contribution in [0.25, 0.3) is 10.9 Å². The van der Waals surface area contributed by atoms with E-state index in [0.717, 1.165) is 23.6 Å². The maximum Gasteiger partial charge on any atom is 0.0746 e. The van der Waals surface area contributed by atoms with Crippen molar-refractivity contribution in [1.29, 1.82) is 0 Å². The van der Waals surface area contributed by atoms with E-state index in [1.54, 1.807) is 0 Å². The molecule has 1 aromatic heterocycles. The van der Waals surface area contributed by atoms with E-state index in [-0.39, 0.29) is 6.04 Å². The molecule has 2 aromatic carbocycles. The molecule has 1 aliphatic rings. The van der Waals surface area contributed by atoms with Crippen LogP contribution in [0.4, 0.5) is 0 Å². The van der Waals surface area contributed by atoms with Crippen LogP contribution in [0.5, 0.6) is 0 Å². The number of hydrogen-bond acceptors (Lipinski definition) is 1. The van der Waals surface area contributed by atoms with Crippen LogP contribution in [-0.2, 0) is 6.42 Å². The normalized spacial score (nSPS) is 17.9. The highest BCUT2D eigenvalue weighted by atomic mass is 35.5. The molecule has 1 aliphatic heterocycles. The van der Waals surface area contributed by atoms with Crippen molar-refractivity contribution in [1.82, 2.24) is 10.3 Å². The molecule has 2 N–H and O–H groups in total. The largest absolute Gasteiger partial charge is 0.357 e. The average molecular weight is 297 g/mol. The molecule has 0 bridgehead atoms. The van der Waals surface area contributed by atoms with Crippen molar-refractivity contribution in [3.8, 4) is 0 Å². The van der Waals surface area contributed by atoms with Gasteiger partial charge in [-0.2, -0.15) is 0 Å². The summed E-state index contributed by atoms with van der Waals surface area (Å²) in [5, 5.41) is 5.76. The van der Waals surface area contributed by atoms with E-state index in [4.69, 9.17) is 11.6 Å². The number of para-hydroxylation sites is 1. The SMILES string of the molecule is Cc1ccc(C2NCCc3c2[nH]c2ccccc32)c(Cl)c1. The van der Waals surface area contributed by atoms with Crippen molar-refractivity contribution < 1.29 is 0 Å². The number of hydrogen-bond donors (Lipinski definition) is 2. The maximum atomic E-state index is 6.47. The first-order valence-corrected chi connectivity index (χ1v) is 7.71. The van der Waals surface area contributed by atoms with E-state index in [9.17, 15) is 0 Å². The Hall–Kier alpha value is -1.77. The van der Waals surface area contributed by atoms with Crippen LogP contribution in [0.15, 0.2) is 42.5 Å². The quantitative estimate of drug-likeness (QED) is 0.686. The summed E-state index contributed by atoms with van der Waals surface area (Å²) in [5.41, 5.74) is 6.23. The Bertz CT molecular complexity index is 819. The lowest BCUT2D eigenvalue weighted by atomic mass is 9.94. The molecule has 0 saturated heterocycles. The highest BCUT2D eigenvalue weighted by molar-refractivity contribution is 6.31. The molecule has 21 heavy (non-hydrogen) atoms. The molecule has 0 saturated carbocycles. The number of aromatic nitrogens is 1. The van der Waals surface area contributed by atoms with Crippen molar-refractivity contribution in [2.24, 2.45) is 0 Å². The first-order chi connectivity index (χ1) is 10.2. The number of rotatable bonds is 1. The molecule has 4 rings (SSSR count). The zero-order valence-corrected chi connectivity index (χ0v) is 12.7. The third-order valence-electron chi connectivity index (χ3n) is 4.33. The molecule has 3 heteroatoms. The van der Waals surface area contributed by atoms with E-state index in [2.05, 4.69) is 53.6 Å². The van der Waals surface area contributed by atoms with E-state index in [0.29, 0.717) is 0 Å². The minimum Gasteiger partial charge on any atom is -0.357 e. The second kappa shape index (κ2) is 4.90. The van der Waals surface area contributed by atoms with E-state index >= 15 is 0 Å². The molecular formula is C18H17ClN2. The third-order valence-corrected chi connectivity index (χ3v) is 4.65. The van der Waals surface area contributed by atoms with Crippen LogP contribution in [0.1, 0.15) is 28.4 Å². The van der Waals surface area contributed by atoms with Crippen LogP contribution in [0.3, 0.4) is 0 Å². The molecule has 0 amide bonds. The summed E-state index contributed by atoms with van der Waals surface area (Å²) in [4.78, 5) is 3.59. The Morgan fingerprint density at radius 3 is 2.86 bits per heavy atom. The summed E-state index contributed by atoms with van der Waals surface area (Å²) >= 11 is 6.47. The monoisotopic (exact) mass is 296 g/mol. The second-order valence-corrected chi connectivity index (χ2v) is 6.13. The van der Waals surface area contributed by atoms with Gasteiger partial charge in [0, 0.05) is 28.2 Å². The molecule has 106 valence electrons. The van der Waals surface area contributed by atoms with Crippen molar-refractivity contribution in [3.05, 3.63) is 69.9 Å². The number of H-pyrrole nitrogens is 1. The number of aryl methyl sites for hydroxylation is 1. The lowest BCUT2D eigenvalue weighted by molar-refractivity contribution is 0.560. The molecule has 0 aliphatic carbocycles. The van der Waals surface area contributed by atoms with Crippen LogP contribution in [-0.4, -0.2) is 11.5 Å². The van der Waals surface area contributed by atoms with E-state index in [1.165, 1.54) is 27.7 Å². The van der Waals surface area contributed by atoms with Crippen molar-refractivity contribution in [3.63, 3.8) is 0 Å². The van der Waals surface area contributed by atoms with Gasteiger partial charge in [-0.1, -0.05) is 41.9 Å². The molecule has 2 heterocycles. The Morgan fingerprint density at radius 1 is 1.14 bits per heavy atom. The van der Waals surface area contributed by atoms with Gasteiger partial charge in [0.1, 0.15) is 0 Å². The van der Waals surface area contributed by atoms with Gasteiger partial charge in [0.15, 0.2) is 0 Å². The molecule has 3 aromatic rings. The van der Waals surface area contributed by atoms with Crippen LogP contribution < -0.4 is 5.32 Å². The summed E-state index contributed by atoms with van der Waals surface area (Å²) in [6.07, 6.45) is 1.05. The Kier molecular flexibility index (Phi) is 3.02. The summed E-state index contributed by atoms with van der Waals surface area (Å²) in [7, 11) is 0. The molecule has 0 spiro atoms. The van der Waals surface area contributed by atoms with Gasteiger partial charge in [-0.05, 0) is 42.2 Å². The highest BCUT2D eigenvalue weighted by Gasteiger charge is 2.26. The smallest absolute Gasteiger partial charge is 0.0746 e. The van der Waals surface area contributed by atoms with Crippen molar-refractivity contribution >= 4 is 22.5 Å². The topological polar surface area (TPSA) is 27.8 Å². The Balaban J connectivity index is 1.90. The summed E-state index contributed by atoms with van der Waals surface area (Å²) in [6.45, 7) is 3.04. The number of aromatic amines is 1. The molecule has 2 nitrogen and oxygen atoms in total. The molecular weight excluding hydrogens is 280 g/mol. The van der Waals surface area contributed by atoms with E-state index < -0.39 is 0 Å². The molecule has 0 radical (unpaired) electrons. The van der Waals surface area contributed by atoms with E-state index in [1.807, 2.05) is 6.07 Å². The van der Waals surface area contributed by atoms with Gasteiger partial charge in [-0.25, -0.2) is 0 Å². The van der Waals surface area contributed by atoms with Crippen molar-refractivity contribution in [2.75, 3.05) is 6.54 Å². The fraction of sp³-hybridized carbons (Fsp3) is 0.222. The standard InChI is InChI=1S/C18H17ClN2/c1-11-6-7-14(15(19)10-11)17-18-13(8-9-20-17)12-4-2-3-5-16(12)21-18/h2-7,10,17,20-21H,8-9H2,1H3. The number of fused-ring (bicyclic) bond motifs is 3. The third kappa shape index (κ3) is 2.06. The zero-order chi connectivity index (χ0) is 14.4. The summed E-state index contributed by atoms with van der Waals surface area (Å²) in [6, 6.07) is 15.0. The fourth-order valence-corrected chi connectivity index (χ4v) is 3.66. The predicted octanol–water partition coefficient (Wildman–Crippen LogP) is 4.36. The number of benzene rings is 2. The maximum absolute atomic E-state index is 6.47. The Morgan fingerprint density at radius 2 is 2.00 bits per heavy atom. The average Bonchev–Trinajstić information content (AvgIpc) is 2.86. The lowest BCUT2D eigenvalue weighted by Crippen LogP contribution is -2.30. The number of halogens is 1. The van der Waals surface area contributed by atoms with Gasteiger partial charge in [0.05, 0.1) is 6.04 Å². The molecule has 1 atom stereocenters. The van der Waals surface area contributed by atoms with Gasteiger partial charge < -0.3 is 10.3 Å². The number of nitrogens with one attached hydrogen (secondary N) is 2. The molecule has 1 unspecified atom stereocenters. The zero-order valence-electron chi connectivity index (χ0n) is 11.9. The summed E-state index contributed by atoms with van der Waals surface area (Å²) < 4.78 is 0. The van der Waals surface area contributed by atoms with Gasteiger partial charge in [-0.15, -0.1) is 0 Å². The predicted molar refractivity (Wildman–Crippen MR) is 88.0 cm³/mol. The van der Waals surface area contributed by atoms with Crippen LogP contribution in [0, 0.1) is 6.92 Å².